The van der Waals surface area contributed by atoms with Crippen LogP contribution in [0.4, 0.5) is 15.5 Å². The first-order chi connectivity index (χ1) is 23.6. The molecule has 4 atom stereocenters. The molecule has 0 saturated carbocycles. The van der Waals surface area contributed by atoms with Crippen molar-refractivity contribution in [1.82, 2.24) is 15.0 Å². The Bertz CT molecular complexity index is 1880. The molecule has 3 aromatic carbocycles. The lowest BCUT2D eigenvalue weighted by molar-refractivity contribution is -0.146. The highest BCUT2D eigenvalue weighted by Crippen LogP contribution is 2.60. The normalized spacial score (nSPS) is 23.8. The van der Waals surface area contributed by atoms with Crippen LogP contribution in [0.15, 0.2) is 90.2 Å². The predicted molar refractivity (Wildman–Crippen MR) is 187 cm³/mol. The van der Waals surface area contributed by atoms with Crippen LogP contribution in [0, 0.1) is 5.92 Å². The van der Waals surface area contributed by atoms with Gasteiger partial charge >= 0.3 is 0 Å². The Balaban J connectivity index is 1.30. The molecule has 2 amide bonds. The highest BCUT2D eigenvalue weighted by atomic mass is 28.4. The summed E-state index contributed by atoms with van der Waals surface area (Å²) in [6.45, 7) is 6.01. The molecule has 10 nitrogen and oxygen atoms in total. The standard InChI is InChI=1S/C37H41FN6O4Si/c1-25-35(49(2,3)38)33(18-20-42-24-28(19-21-45)39-41-42)48-37(25)30-22-29(44-34(46)17-15-31(40-44)27-12-8-5-9-13-27)14-16-32(30)43(36(37)47)23-26-10-6-4-7-11-26/h4-14,16,22,24-25,33,35,45H,15,17-21,23H2,1-3H3/t25-,33+,35-,37+/m1/s1. The molecule has 3 aliphatic heterocycles. The Labute approximate surface area is 286 Å². The molecule has 254 valence electrons. The number of aliphatic hydroxyl groups is 1. The Morgan fingerprint density at radius 1 is 1.02 bits per heavy atom. The van der Waals surface area contributed by atoms with Gasteiger partial charge in [0.1, 0.15) is 0 Å². The van der Waals surface area contributed by atoms with E-state index < -0.39 is 31.6 Å². The van der Waals surface area contributed by atoms with Crippen LogP contribution in [-0.4, -0.2) is 58.7 Å². The van der Waals surface area contributed by atoms with Crippen molar-refractivity contribution >= 4 is 37.3 Å². The number of hydrogen-bond donors (Lipinski definition) is 1. The Morgan fingerprint density at radius 3 is 2.47 bits per heavy atom. The fourth-order valence-corrected chi connectivity index (χ4v) is 10.4. The first-order valence-corrected chi connectivity index (χ1v) is 19.9. The summed E-state index contributed by atoms with van der Waals surface area (Å²) in [5, 5.41) is 23.8. The molecule has 7 rings (SSSR count). The number of fused-ring (bicyclic) bond motifs is 2. The third-order valence-electron chi connectivity index (χ3n) is 10.1. The van der Waals surface area contributed by atoms with Gasteiger partial charge in [0.25, 0.3) is 5.91 Å². The van der Waals surface area contributed by atoms with E-state index in [-0.39, 0.29) is 18.4 Å². The summed E-state index contributed by atoms with van der Waals surface area (Å²) in [7, 11) is -3.40. The van der Waals surface area contributed by atoms with Crippen molar-refractivity contribution in [2.75, 3.05) is 16.5 Å². The van der Waals surface area contributed by atoms with Crippen LogP contribution in [0.5, 0.6) is 0 Å². The number of aliphatic hydroxyl groups excluding tert-OH is 1. The van der Waals surface area contributed by atoms with Crippen LogP contribution in [0.1, 0.15) is 48.6 Å². The molecule has 1 aromatic heterocycles. The fourth-order valence-electron chi connectivity index (χ4n) is 7.89. The molecular formula is C37H41FN6O4Si. The van der Waals surface area contributed by atoms with Crippen molar-refractivity contribution in [3.8, 4) is 0 Å². The van der Waals surface area contributed by atoms with Crippen LogP contribution in [-0.2, 0) is 39.4 Å². The molecule has 12 heteroatoms. The van der Waals surface area contributed by atoms with Gasteiger partial charge in [-0.05, 0) is 48.8 Å². The van der Waals surface area contributed by atoms with Gasteiger partial charge in [0.15, 0.2) is 5.60 Å². The number of hydrogen-bond acceptors (Lipinski definition) is 7. The highest BCUT2D eigenvalue weighted by molar-refractivity contribution is 6.72. The lowest BCUT2D eigenvalue weighted by atomic mass is 9.82. The van der Waals surface area contributed by atoms with Gasteiger partial charge in [0.05, 0.1) is 35.4 Å². The maximum absolute atomic E-state index is 16.4. The Hall–Kier alpha value is -4.52. The topological polar surface area (TPSA) is 113 Å². The second kappa shape index (κ2) is 13.1. The first-order valence-electron chi connectivity index (χ1n) is 16.9. The molecule has 49 heavy (non-hydrogen) atoms. The average molecular weight is 681 g/mol. The van der Waals surface area contributed by atoms with Crippen molar-refractivity contribution in [2.24, 2.45) is 11.0 Å². The van der Waals surface area contributed by atoms with Gasteiger partial charge in [-0.1, -0.05) is 72.8 Å². The number of carbonyl (C=O) groups excluding carboxylic acids is 2. The Morgan fingerprint density at radius 2 is 1.76 bits per heavy atom. The number of amides is 2. The van der Waals surface area contributed by atoms with Crippen molar-refractivity contribution in [3.63, 3.8) is 0 Å². The smallest absolute Gasteiger partial charge is 0.264 e. The van der Waals surface area contributed by atoms with Gasteiger partial charge in [-0.25, -0.2) is 5.01 Å². The second-order valence-electron chi connectivity index (χ2n) is 13.7. The van der Waals surface area contributed by atoms with E-state index in [2.05, 4.69) is 10.3 Å². The molecule has 1 fully saturated rings. The van der Waals surface area contributed by atoms with E-state index in [1.165, 1.54) is 5.01 Å². The van der Waals surface area contributed by atoms with Crippen molar-refractivity contribution in [3.05, 3.63) is 107 Å². The van der Waals surface area contributed by atoms with E-state index in [0.29, 0.717) is 61.4 Å². The van der Waals surface area contributed by atoms with Gasteiger partial charge in [-0.15, -0.1) is 5.10 Å². The van der Waals surface area contributed by atoms with Crippen molar-refractivity contribution < 1.29 is 23.5 Å². The van der Waals surface area contributed by atoms with Crippen molar-refractivity contribution in [1.29, 1.82) is 0 Å². The molecule has 4 heterocycles. The first kappa shape index (κ1) is 33.0. The molecule has 1 saturated heterocycles. The van der Waals surface area contributed by atoms with Gasteiger partial charge in [-0.3, -0.25) is 14.3 Å². The van der Waals surface area contributed by atoms with E-state index in [1.807, 2.05) is 85.8 Å². The number of nitrogens with zero attached hydrogens (tertiary/aromatic N) is 6. The molecule has 0 bridgehead atoms. The summed E-state index contributed by atoms with van der Waals surface area (Å²) < 4.78 is 25.1. The maximum atomic E-state index is 16.4. The molecular weight excluding hydrogens is 640 g/mol. The minimum Gasteiger partial charge on any atom is -0.396 e. The highest BCUT2D eigenvalue weighted by Gasteiger charge is 2.66. The summed E-state index contributed by atoms with van der Waals surface area (Å²) in [5.74, 6) is -0.861. The number of aromatic nitrogens is 3. The number of halogens is 1. The maximum Gasteiger partial charge on any atom is 0.264 e. The minimum atomic E-state index is -3.40. The number of aryl methyl sites for hydroxylation is 1. The predicted octanol–water partition coefficient (Wildman–Crippen LogP) is 5.76. The molecule has 0 aliphatic carbocycles. The van der Waals surface area contributed by atoms with Gasteiger partial charge in [0.2, 0.25) is 14.3 Å². The van der Waals surface area contributed by atoms with E-state index >= 15 is 4.11 Å². The zero-order valence-electron chi connectivity index (χ0n) is 28.0. The average Bonchev–Trinajstić information content (AvgIpc) is 3.74. The lowest BCUT2D eigenvalue weighted by Crippen LogP contribution is -2.45. The van der Waals surface area contributed by atoms with Crippen LogP contribution in [0.2, 0.25) is 18.6 Å². The van der Waals surface area contributed by atoms with Crippen LogP contribution in [0.3, 0.4) is 0 Å². The van der Waals surface area contributed by atoms with Crippen LogP contribution >= 0.6 is 0 Å². The molecule has 3 aliphatic rings. The van der Waals surface area contributed by atoms with Gasteiger partial charge < -0.3 is 18.9 Å². The SMILES string of the molecule is C[C@@H]1[C@@H]([Si](C)(C)F)[C@H](CCn2cc(CCO)nn2)O[C@@]12C(=O)N(Cc1ccccc1)c1ccc(N3N=C(c4ccccc4)CCC3=O)cc12. The third kappa shape index (κ3) is 6.02. The summed E-state index contributed by atoms with van der Waals surface area (Å²) in [6.07, 6.45) is 2.87. The monoisotopic (exact) mass is 680 g/mol. The fraction of sp³-hybridized carbons (Fsp3) is 0.378. The minimum absolute atomic E-state index is 0.0287. The number of carbonyl (C=O) groups is 2. The number of benzene rings is 3. The molecule has 4 aromatic rings. The quantitative estimate of drug-likeness (QED) is 0.169. The summed E-state index contributed by atoms with van der Waals surface area (Å²) in [5.41, 5.74) is 3.28. The van der Waals surface area contributed by atoms with Crippen LogP contribution < -0.4 is 9.91 Å². The number of anilines is 2. The molecule has 0 unspecified atom stereocenters. The molecule has 1 N–H and O–H groups in total. The molecule has 0 radical (unpaired) electrons. The van der Waals surface area contributed by atoms with E-state index in [1.54, 1.807) is 28.9 Å². The zero-order chi connectivity index (χ0) is 34.3. The van der Waals surface area contributed by atoms with E-state index in [0.717, 1.165) is 16.8 Å². The molecule has 1 spiro atoms. The third-order valence-corrected chi connectivity index (χ3v) is 12.6. The summed E-state index contributed by atoms with van der Waals surface area (Å²) in [6, 6.07) is 25.1. The van der Waals surface area contributed by atoms with E-state index in [4.69, 9.17) is 9.84 Å². The number of ether oxygens (including phenoxy) is 1. The van der Waals surface area contributed by atoms with Gasteiger partial charge in [0, 0.05) is 55.6 Å². The van der Waals surface area contributed by atoms with Crippen molar-refractivity contribution in [2.45, 2.75) is 76.0 Å². The lowest BCUT2D eigenvalue weighted by Gasteiger charge is -2.31. The summed E-state index contributed by atoms with van der Waals surface area (Å²) >= 11 is 0. The number of hydrazone groups is 1. The summed E-state index contributed by atoms with van der Waals surface area (Å²) in [4.78, 5) is 30.0. The second-order valence-corrected chi connectivity index (χ2v) is 17.5. The Kier molecular flexibility index (Phi) is 8.80. The number of rotatable bonds is 10. The van der Waals surface area contributed by atoms with Gasteiger partial charge in [-0.2, -0.15) is 5.10 Å². The zero-order valence-corrected chi connectivity index (χ0v) is 29.0. The van der Waals surface area contributed by atoms with Crippen LogP contribution in [0.25, 0.3) is 0 Å². The largest absolute Gasteiger partial charge is 0.396 e. The van der Waals surface area contributed by atoms with E-state index in [9.17, 15) is 14.7 Å².